The zero-order valence-corrected chi connectivity index (χ0v) is 16.7. The van der Waals surface area contributed by atoms with Gasteiger partial charge in [-0.2, -0.15) is 0 Å². The van der Waals surface area contributed by atoms with Crippen molar-refractivity contribution in [3.05, 3.63) is 35.9 Å². The summed E-state index contributed by atoms with van der Waals surface area (Å²) in [6.45, 7) is 0.936. The Morgan fingerprint density at radius 3 is 2.11 bits per heavy atom. The molecule has 1 aliphatic heterocycles. The van der Waals surface area contributed by atoms with Crippen LogP contribution in [0.2, 0.25) is 0 Å². The highest BCUT2D eigenvalue weighted by Crippen LogP contribution is 2.60. The maximum Gasteiger partial charge on any atom is 0.228 e. The summed E-state index contributed by atoms with van der Waals surface area (Å²) in [4.78, 5) is 15.5. The molecular weight excluding hydrogens is 358 g/mol. The first kappa shape index (κ1) is 17.7. The predicted octanol–water partition coefficient (Wildman–Crippen LogP) is 3.59. The van der Waals surface area contributed by atoms with Gasteiger partial charge < -0.3 is 4.90 Å². The average molecular weight is 388 g/mol. The first-order chi connectivity index (χ1) is 13.0. The summed E-state index contributed by atoms with van der Waals surface area (Å²) in [7, 11) is -3.23. The first-order valence-electron chi connectivity index (χ1n) is 10.5. The summed E-state index contributed by atoms with van der Waals surface area (Å²) in [5, 5.41) is -0.479. The number of nitrogens with zero attached hydrogens (tertiary/aromatic N) is 1. The van der Waals surface area contributed by atoms with E-state index in [-0.39, 0.29) is 17.1 Å². The van der Waals surface area contributed by atoms with E-state index in [1.54, 1.807) is 0 Å². The molecule has 0 N–H and O–H groups in total. The van der Waals surface area contributed by atoms with Crippen LogP contribution in [0.3, 0.4) is 0 Å². The van der Waals surface area contributed by atoms with Crippen LogP contribution in [0, 0.1) is 23.2 Å². The SMILES string of the molecule is O=C(N1CC[C@@H](c2ccccc2)S(=O)(=O)CC1)C12CC3CC(CC(C3)C1)C2. The molecule has 1 aromatic rings. The van der Waals surface area contributed by atoms with Gasteiger partial charge in [0.2, 0.25) is 5.91 Å². The minimum Gasteiger partial charge on any atom is -0.341 e. The third-order valence-electron chi connectivity index (χ3n) is 7.69. The molecule has 27 heavy (non-hydrogen) atoms. The van der Waals surface area contributed by atoms with E-state index in [1.165, 1.54) is 19.3 Å². The molecule has 0 spiro atoms. The fourth-order valence-electron chi connectivity index (χ4n) is 6.90. The van der Waals surface area contributed by atoms with E-state index in [1.807, 2.05) is 35.2 Å². The van der Waals surface area contributed by atoms with Crippen molar-refractivity contribution in [2.45, 2.75) is 50.2 Å². The lowest BCUT2D eigenvalue weighted by Crippen LogP contribution is -2.55. The van der Waals surface area contributed by atoms with Crippen molar-refractivity contribution in [1.29, 1.82) is 0 Å². The van der Waals surface area contributed by atoms with Gasteiger partial charge in [-0.25, -0.2) is 8.42 Å². The molecule has 1 aromatic carbocycles. The van der Waals surface area contributed by atoms with Gasteiger partial charge in [-0.1, -0.05) is 30.3 Å². The van der Waals surface area contributed by atoms with E-state index < -0.39 is 15.1 Å². The predicted molar refractivity (Wildman–Crippen MR) is 105 cm³/mol. The van der Waals surface area contributed by atoms with Crippen molar-refractivity contribution >= 4 is 15.7 Å². The van der Waals surface area contributed by atoms with Gasteiger partial charge in [-0.05, 0) is 68.3 Å². The molecule has 5 aliphatic rings. The highest BCUT2D eigenvalue weighted by atomic mass is 32.2. The lowest BCUT2D eigenvalue weighted by atomic mass is 9.49. The number of benzene rings is 1. The lowest BCUT2D eigenvalue weighted by Gasteiger charge is -2.56. The van der Waals surface area contributed by atoms with Crippen LogP contribution in [-0.4, -0.2) is 38.1 Å². The zero-order chi connectivity index (χ0) is 18.6. The molecule has 0 radical (unpaired) electrons. The van der Waals surface area contributed by atoms with Crippen LogP contribution in [0.1, 0.15) is 55.8 Å². The summed E-state index contributed by atoms with van der Waals surface area (Å²) < 4.78 is 25.8. The summed E-state index contributed by atoms with van der Waals surface area (Å²) in [6, 6.07) is 9.51. The van der Waals surface area contributed by atoms with Crippen molar-refractivity contribution in [2.24, 2.45) is 23.2 Å². The van der Waals surface area contributed by atoms with Crippen molar-refractivity contribution in [1.82, 2.24) is 4.90 Å². The van der Waals surface area contributed by atoms with Gasteiger partial charge >= 0.3 is 0 Å². The number of rotatable bonds is 2. The van der Waals surface area contributed by atoms with Gasteiger partial charge in [0.15, 0.2) is 9.84 Å². The minimum absolute atomic E-state index is 0.0880. The molecule has 6 rings (SSSR count). The molecule has 1 atom stereocenters. The largest absolute Gasteiger partial charge is 0.341 e. The second kappa shape index (κ2) is 6.33. The highest BCUT2D eigenvalue weighted by Gasteiger charge is 2.55. The number of hydrogen-bond donors (Lipinski definition) is 0. The van der Waals surface area contributed by atoms with Gasteiger partial charge in [0.25, 0.3) is 0 Å². The van der Waals surface area contributed by atoms with Gasteiger partial charge in [0, 0.05) is 13.1 Å². The average Bonchev–Trinajstić information content (AvgIpc) is 2.79. The molecule has 4 saturated carbocycles. The molecule has 4 bridgehead atoms. The fraction of sp³-hybridized carbons (Fsp3) is 0.682. The monoisotopic (exact) mass is 387 g/mol. The Hall–Kier alpha value is -1.36. The van der Waals surface area contributed by atoms with Crippen LogP contribution in [0.15, 0.2) is 30.3 Å². The fourth-order valence-corrected chi connectivity index (χ4v) is 8.69. The van der Waals surface area contributed by atoms with Crippen LogP contribution >= 0.6 is 0 Å². The van der Waals surface area contributed by atoms with Gasteiger partial charge in [-0.15, -0.1) is 0 Å². The Labute approximate surface area is 162 Å². The van der Waals surface area contributed by atoms with Crippen molar-refractivity contribution < 1.29 is 13.2 Å². The van der Waals surface area contributed by atoms with E-state index in [0.717, 1.165) is 42.6 Å². The molecule has 4 nitrogen and oxygen atoms in total. The molecule has 146 valence electrons. The third-order valence-corrected chi connectivity index (χ3v) is 9.82. The van der Waals surface area contributed by atoms with Crippen molar-refractivity contribution in [3.8, 4) is 0 Å². The second-order valence-electron chi connectivity index (χ2n) is 9.55. The third kappa shape index (κ3) is 3.02. The molecule has 1 heterocycles. The first-order valence-corrected chi connectivity index (χ1v) is 12.2. The quantitative estimate of drug-likeness (QED) is 0.779. The molecular formula is C22H29NO3S. The number of amides is 1. The summed E-state index contributed by atoms with van der Waals surface area (Å²) in [5.74, 6) is 2.55. The standard InChI is InChI=1S/C22H29NO3S/c24-21(22-13-16-10-17(14-22)12-18(11-16)15-22)23-7-6-20(27(25,26)9-8-23)19-4-2-1-3-5-19/h1-5,16-18,20H,6-15H2/t16?,17?,18?,20-,22?/m0/s1. The second-order valence-corrected chi connectivity index (χ2v) is 11.8. The zero-order valence-electron chi connectivity index (χ0n) is 15.8. The smallest absolute Gasteiger partial charge is 0.228 e. The van der Waals surface area contributed by atoms with Crippen LogP contribution < -0.4 is 0 Å². The van der Waals surface area contributed by atoms with Crippen LogP contribution in [0.4, 0.5) is 0 Å². The van der Waals surface area contributed by atoms with E-state index >= 15 is 0 Å². The molecule has 4 aliphatic carbocycles. The number of carbonyl (C=O) groups is 1. The van der Waals surface area contributed by atoms with Gasteiger partial charge in [0.1, 0.15) is 0 Å². The van der Waals surface area contributed by atoms with Crippen LogP contribution in [0.25, 0.3) is 0 Å². The van der Waals surface area contributed by atoms with E-state index in [2.05, 4.69) is 0 Å². The van der Waals surface area contributed by atoms with E-state index in [9.17, 15) is 13.2 Å². The van der Waals surface area contributed by atoms with E-state index in [4.69, 9.17) is 0 Å². The Morgan fingerprint density at radius 2 is 1.52 bits per heavy atom. The summed E-state index contributed by atoms with van der Waals surface area (Å²) in [5.41, 5.74) is 0.687. The molecule has 0 aromatic heterocycles. The normalized spacial score (nSPS) is 39.9. The van der Waals surface area contributed by atoms with Gasteiger partial charge in [-0.3, -0.25) is 4.79 Å². The Bertz CT molecular complexity index is 797. The maximum atomic E-state index is 13.6. The van der Waals surface area contributed by atoms with Crippen LogP contribution in [-0.2, 0) is 14.6 Å². The number of hydrogen-bond acceptors (Lipinski definition) is 3. The Balaban J connectivity index is 1.37. The van der Waals surface area contributed by atoms with Crippen molar-refractivity contribution in [3.63, 3.8) is 0 Å². The lowest BCUT2D eigenvalue weighted by molar-refractivity contribution is -0.157. The van der Waals surface area contributed by atoms with Crippen molar-refractivity contribution in [2.75, 3.05) is 18.8 Å². The molecule has 5 heteroatoms. The topological polar surface area (TPSA) is 54.5 Å². The summed E-state index contributed by atoms with van der Waals surface area (Å²) >= 11 is 0. The highest BCUT2D eigenvalue weighted by molar-refractivity contribution is 7.91. The summed E-state index contributed by atoms with van der Waals surface area (Å²) in [6.07, 6.45) is 7.60. The van der Waals surface area contributed by atoms with Gasteiger partial charge in [0.05, 0.1) is 16.4 Å². The Kier molecular flexibility index (Phi) is 4.15. The minimum atomic E-state index is -3.23. The number of sulfone groups is 1. The molecule has 1 amide bonds. The van der Waals surface area contributed by atoms with Crippen LogP contribution in [0.5, 0.6) is 0 Å². The van der Waals surface area contributed by atoms with E-state index in [0.29, 0.717) is 19.5 Å². The Morgan fingerprint density at radius 1 is 0.926 bits per heavy atom. The molecule has 5 fully saturated rings. The molecule has 0 unspecified atom stereocenters. The maximum absolute atomic E-state index is 13.6. The number of carbonyl (C=O) groups excluding carboxylic acids is 1. The molecule has 1 saturated heterocycles.